The number of aromatic nitrogens is 4. The SMILES string of the molecule is COC(=O)NCC(=O)NCCCCc1ncc(-c2ccc3c(c2)Cc2cc(-c4cnc(C5CCCN5C(=O)C(NC(=O)OC)C(C)C)[nH]4)ccc2O3)[nH]1. The van der Waals surface area contributed by atoms with Crippen LogP contribution in [0.4, 0.5) is 9.59 Å². The number of H-pyrrole nitrogens is 2. The maximum absolute atomic E-state index is 13.6. The largest absolute Gasteiger partial charge is 0.457 e. The Hall–Kier alpha value is -5.86. The van der Waals surface area contributed by atoms with Crippen molar-refractivity contribution in [2.75, 3.05) is 33.9 Å². The van der Waals surface area contributed by atoms with Crippen molar-refractivity contribution in [1.29, 1.82) is 0 Å². The minimum Gasteiger partial charge on any atom is -0.457 e. The van der Waals surface area contributed by atoms with Gasteiger partial charge in [-0.05, 0) is 79.1 Å². The molecule has 4 aromatic rings. The van der Waals surface area contributed by atoms with Crippen molar-refractivity contribution in [2.45, 2.75) is 64.5 Å². The number of ether oxygens (including phenoxy) is 3. The average Bonchev–Trinajstić information content (AvgIpc) is 3.96. The molecule has 2 aromatic carbocycles. The van der Waals surface area contributed by atoms with Crippen molar-refractivity contribution in [2.24, 2.45) is 5.92 Å². The summed E-state index contributed by atoms with van der Waals surface area (Å²) in [4.78, 5) is 66.4. The highest BCUT2D eigenvalue weighted by Gasteiger charge is 2.37. The maximum Gasteiger partial charge on any atom is 0.407 e. The predicted molar refractivity (Wildman–Crippen MR) is 195 cm³/mol. The van der Waals surface area contributed by atoms with Gasteiger partial charge in [-0.1, -0.05) is 13.8 Å². The first-order chi connectivity index (χ1) is 25.6. The summed E-state index contributed by atoms with van der Waals surface area (Å²) in [6.07, 6.45) is 7.00. The number of aromatic amines is 2. The van der Waals surface area contributed by atoms with Crippen LogP contribution in [0.5, 0.6) is 11.5 Å². The van der Waals surface area contributed by atoms with Gasteiger partial charge in [0.05, 0.1) is 50.6 Å². The first-order valence-corrected chi connectivity index (χ1v) is 17.9. The zero-order valence-corrected chi connectivity index (χ0v) is 30.4. The van der Waals surface area contributed by atoms with Gasteiger partial charge in [-0.25, -0.2) is 19.6 Å². The van der Waals surface area contributed by atoms with Gasteiger partial charge in [0, 0.05) is 37.1 Å². The first kappa shape index (κ1) is 36.9. The van der Waals surface area contributed by atoms with Crippen LogP contribution in [0.25, 0.3) is 22.5 Å². The minimum atomic E-state index is -0.695. The smallest absolute Gasteiger partial charge is 0.407 e. The minimum absolute atomic E-state index is 0.110. The van der Waals surface area contributed by atoms with Gasteiger partial charge >= 0.3 is 12.2 Å². The fourth-order valence-corrected chi connectivity index (χ4v) is 6.71. The van der Waals surface area contributed by atoms with E-state index in [-0.39, 0.29) is 30.3 Å². The van der Waals surface area contributed by atoms with E-state index in [1.165, 1.54) is 14.2 Å². The van der Waals surface area contributed by atoms with Crippen LogP contribution >= 0.6 is 0 Å². The zero-order chi connectivity index (χ0) is 37.5. The molecule has 280 valence electrons. The normalized spacial score (nSPS) is 15.2. The third-order valence-electron chi connectivity index (χ3n) is 9.55. The summed E-state index contributed by atoms with van der Waals surface area (Å²) in [5.41, 5.74) is 5.84. The van der Waals surface area contributed by atoms with E-state index in [4.69, 9.17) is 14.5 Å². The number of methoxy groups -OCH3 is 2. The number of imidazole rings is 2. The third-order valence-corrected chi connectivity index (χ3v) is 9.55. The molecule has 4 amide bonds. The lowest BCUT2D eigenvalue weighted by atomic mass is 9.96. The lowest BCUT2D eigenvalue weighted by molar-refractivity contribution is -0.135. The molecule has 5 N–H and O–H groups in total. The van der Waals surface area contributed by atoms with Crippen LogP contribution in [0.15, 0.2) is 48.8 Å². The van der Waals surface area contributed by atoms with E-state index in [1.54, 1.807) is 11.1 Å². The average molecular weight is 727 g/mol. The Labute approximate surface area is 307 Å². The van der Waals surface area contributed by atoms with Gasteiger partial charge in [0.15, 0.2) is 0 Å². The van der Waals surface area contributed by atoms with E-state index in [9.17, 15) is 19.2 Å². The van der Waals surface area contributed by atoms with Crippen LogP contribution in [-0.4, -0.2) is 88.7 Å². The highest BCUT2D eigenvalue weighted by molar-refractivity contribution is 5.86. The molecule has 0 saturated carbocycles. The Morgan fingerprint density at radius 3 is 2.26 bits per heavy atom. The molecule has 6 rings (SSSR count). The van der Waals surface area contributed by atoms with Gasteiger partial charge in [0.25, 0.3) is 0 Å². The highest BCUT2D eigenvalue weighted by Crippen LogP contribution is 2.40. The molecular weight excluding hydrogens is 680 g/mol. The number of unbranched alkanes of at least 4 members (excludes halogenated alkanes) is 1. The number of amides is 4. The quantitative estimate of drug-likeness (QED) is 0.104. The number of nitrogens with one attached hydrogen (secondary N) is 5. The molecular formula is C38H46N8O7. The van der Waals surface area contributed by atoms with Crippen LogP contribution in [0.1, 0.15) is 68.3 Å². The fraction of sp³-hybridized carbons (Fsp3) is 0.421. The number of hydrogen-bond donors (Lipinski definition) is 5. The number of rotatable bonds is 13. The Bertz CT molecular complexity index is 1950. The van der Waals surface area contributed by atoms with Crippen molar-refractivity contribution in [3.8, 4) is 34.0 Å². The lowest BCUT2D eigenvalue weighted by Gasteiger charge is -2.30. The number of nitrogens with zero attached hydrogens (tertiary/aromatic N) is 3. The Kier molecular flexibility index (Phi) is 11.6. The molecule has 1 saturated heterocycles. The molecule has 15 heteroatoms. The Balaban J connectivity index is 1.07. The summed E-state index contributed by atoms with van der Waals surface area (Å²) in [6.45, 7) is 4.76. The molecule has 0 bridgehead atoms. The monoisotopic (exact) mass is 726 g/mol. The van der Waals surface area contributed by atoms with Crippen LogP contribution < -0.4 is 20.7 Å². The molecule has 15 nitrogen and oxygen atoms in total. The summed E-state index contributed by atoms with van der Waals surface area (Å²) in [6, 6.07) is 11.3. The van der Waals surface area contributed by atoms with E-state index in [1.807, 2.05) is 44.3 Å². The van der Waals surface area contributed by atoms with Crippen LogP contribution in [-0.2, 0) is 31.9 Å². The topological polar surface area (TPSA) is 193 Å². The summed E-state index contributed by atoms with van der Waals surface area (Å²) in [7, 11) is 2.53. The van der Waals surface area contributed by atoms with E-state index in [2.05, 4.69) is 47.8 Å². The molecule has 4 heterocycles. The highest BCUT2D eigenvalue weighted by atomic mass is 16.5. The molecule has 2 aliphatic rings. The molecule has 2 aromatic heterocycles. The number of fused-ring (bicyclic) bond motifs is 2. The second-order valence-corrected chi connectivity index (χ2v) is 13.5. The lowest BCUT2D eigenvalue weighted by Crippen LogP contribution is -2.51. The maximum atomic E-state index is 13.6. The number of carbonyl (C=O) groups is 4. The van der Waals surface area contributed by atoms with Gasteiger partial charge in [-0.2, -0.15) is 0 Å². The van der Waals surface area contributed by atoms with Crippen molar-refractivity contribution in [1.82, 2.24) is 40.8 Å². The first-order valence-electron chi connectivity index (χ1n) is 17.9. The molecule has 2 aliphatic heterocycles. The van der Waals surface area contributed by atoms with Crippen molar-refractivity contribution < 1.29 is 33.4 Å². The molecule has 0 aliphatic carbocycles. The molecule has 2 atom stereocenters. The standard InChI is InChI=1S/C38H46N8O7/c1-22(2)34(45-38(50)52-4)36(48)46-15-7-8-29(46)35-41-20-28(44-35)24-11-13-31-26(17-24)18-25-16-23(10-12-30(25)53-31)27-19-40-32(43-27)9-5-6-14-39-33(47)21-42-37(49)51-3/h10-13,16-17,19-20,22,29,34H,5-9,14-15,18,21H2,1-4H3,(H,39,47)(H,40,43)(H,41,44)(H,42,49)(H,45,50). The Morgan fingerprint density at radius 2 is 1.58 bits per heavy atom. The van der Waals surface area contributed by atoms with Gasteiger partial charge < -0.3 is 45.0 Å². The summed E-state index contributed by atoms with van der Waals surface area (Å²) < 4.78 is 15.5. The summed E-state index contributed by atoms with van der Waals surface area (Å²) in [5.74, 6) is 2.67. The summed E-state index contributed by atoms with van der Waals surface area (Å²) >= 11 is 0. The van der Waals surface area contributed by atoms with Gasteiger partial charge in [-0.15, -0.1) is 0 Å². The van der Waals surface area contributed by atoms with Crippen molar-refractivity contribution >= 4 is 24.0 Å². The van der Waals surface area contributed by atoms with Gasteiger partial charge in [-0.3, -0.25) is 9.59 Å². The summed E-state index contributed by atoms with van der Waals surface area (Å²) in [5, 5.41) is 7.82. The second-order valence-electron chi connectivity index (χ2n) is 13.5. The molecule has 53 heavy (non-hydrogen) atoms. The van der Waals surface area contributed by atoms with Crippen LogP contribution in [0.2, 0.25) is 0 Å². The number of carbonyl (C=O) groups excluding carboxylic acids is 4. The second kappa shape index (κ2) is 16.7. The number of aryl methyl sites for hydroxylation is 1. The van der Waals surface area contributed by atoms with Gasteiger partial charge in [0.2, 0.25) is 11.8 Å². The molecule has 2 unspecified atom stereocenters. The van der Waals surface area contributed by atoms with E-state index in [0.717, 1.165) is 83.1 Å². The van der Waals surface area contributed by atoms with E-state index in [0.29, 0.717) is 25.3 Å². The number of benzene rings is 2. The third kappa shape index (κ3) is 8.79. The molecule has 0 radical (unpaired) electrons. The van der Waals surface area contributed by atoms with Crippen molar-refractivity contribution in [3.05, 3.63) is 71.6 Å². The van der Waals surface area contributed by atoms with E-state index >= 15 is 0 Å². The number of likely N-dealkylation sites (tertiary alicyclic amines) is 1. The molecule has 0 spiro atoms. The fourth-order valence-electron chi connectivity index (χ4n) is 6.71. The van der Waals surface area contributed by atoms with Crippen LogP contribution in [0, 0.1) is 5.92 Å². The zero-order valence-electron chi connectivity index (χ0n) is 30.4. The van der Waals surface area contributed by atoms with E-state index < -0.39 is 18.2 Å². The Morgan fingerprint density at radius 1 is 0.906 bits per heavy atom. The van der Waals surface area contributed by atoms with Crippen LogP contribution in [0.3, 0.4) is 0 Å². The molecule has 1 fully saturated rings. The number of hydrogen-bond acceptors (Lipinski definition) is 9. The number of alkyl carbamates (subject to hydrolysis) is 2. The predicted octanol–water partition coefficient (Wildman–Crippen LogP) is 5.00. The van der Waals surface area contributed by atoms with Gasteiger partial charge in [0.1, 0.15) is 29.2 Å². The van der Waals surface area contributed by atoms with Crippen molar-refractivity contribution in [3.63, 3.8) is 0 Å².